The van der Waals surface area contributed by atoms with E-state index in [0.717, 1.165) is 0 Å². The van der Waals surface area contributed by atoms with Gasteiger partial charge in [-0.15, -0.1) is 5.10 Å². The monoisotopic (exact) mass is 483 g/mol. The molecule has 0 fully saturated rings. The number of aromatic nitrogens is 4. The van der Waals surface area contributed by atoms with Crippen molar-refractivity contribution in [2.24, 2.45) is 0 Å². The van der Waals surface area contributed by atoms with E-state index in [-0.39, 0.29) is 5.91 Å². The van der Waals surface area contributed by atoms with Gasteiger partial charge in [0, 0.05) is 28.0 Å². The molecule has 0 spiro atoms. The fourth-order valence-electron chi connectivity index (χ4n) is 2.91. The summed E-state index contributed by atoms with van der Waals surface area (Å²) < 4.78 is 5.98. The van der Waals surface area contributed by atoms with Gasteiger partial charge < -0.3 is 15.4 Å². The lowest BCUT2D eigenvalue weighted by Gasteiger charge is -2.16. The van der Waals surface area contributed by atoms with Gasteiger partial charge in [-0.05, 0) is 65.4 Å². The summed E-state index contributed by atoms with van der Waals surface area (Å²) in [5.41, 5.74) is 2.27. The Hall–Kier alpha value is -4.25. The molecule has 3 aromatic rings. The molecule has 34 heavy (non-hydrogen) atoms. The minimum absolute atomic E-state index is 0.375. The van der Waals surface area contributed by atoms with Gasteiger partial charge >= 0.3 is 6.09 Å². The number of nitrogens with zero attached hydrogens (tertiary/aromatic N) is 4. The van der Waals surface area contributed by atoms with E-state index in [4.69, 9.17) is 11.6 Å². The summed E-state index contributed by atoms with van der Waals surface area (Å²) in [6, 6.07) is 10.8. The molecule has 176 valence electrons. The Kier molecular flexibility index (Phi) is 8.30. The van der Waals surface area contributed by atoms with Gasteiger partial charge in [0.15, 0.2) is 0 Å². The summed E-state index contributed by atoms with van der Waals surface area (Å²) in [4.78, 5) is 36.4. The maximum Gasteiger partial charge on any atom is 0.411 e. The molecule has 0 aliphatic rings. The van der Waals surface area contributed by atoms with E-state index >= 15 is 0 Å². The van der Waals surface area contributed by atoms with Crippen molar-refractivity contribution >= 4 is 47.0 Å². The van der Waals surface area contributed by atoms with Crippen molar-refractivity contribution in [1.29, 1.82) is 0 Å². The summed E-state index contributed by atoms with van der Waals surface area (Å²) >= 11 is 6.09. The second-order valence-corrected chi connectivity index (χ2v) is 7.38. The Balaban J connectivity index is 1.62. The molecule has 1 aromatic heterocycles. The van der Waals surface area contributed by atoms with E-state index in [0.29, 0.717) is 34.1 Å². The number of methoxy groups -OCH3 is 1. The average Bonchev–Trinajstić information content (AvgIpc) is 3.37. The van der Waals surface area contributed by atoms with E-state index in [1.807, 2.05) is 0 Å². The first-order valence-corrected chi connectivity index (χ1v) is 10.5. The summed E-state index contributed by atoms with van der Waals surface area (Å²) in [5, 5.41) is 19.5. The van der Waals surface area contributed by atoms with Crippen LogP contribution in [0.3, 0.4) is 0 Å². The van der Waals surface area contributed by atoms with Crippen molar-refractivity contribution in [3.8, 4) is 5.69 Å². The average molecular weight is 484 g/mol. The van der Waals surface area contributed by atoms with Crippen molar-refractivity contribution < 1.29 is 19.1 Å². The van der Waals surface area contributed by atoms with Crippen LogP contribution in [0, 0.1) is 0 Å². The van der Waals surface area contributed by atoms with Crippen LogP contribution < -0.4 is 16.0 Å². The molecule has 0 saturated heterocycles. The largest absolute Gasteiger partial charge is 0.453 e. The van der Waals surface area contributed by atoms with Gasteiger partial charge in [0.05, 0.1) is 12.8 Å². The number of rotatable bonds is 8. The third-order valence-electron chi connectivity index (χ3n) is 4.63. The quantitative estimate of drug-likeness (QED) is 0.418. The van der Waals surface area contributed by atoms with Crippen LogP contribution in [-0.4, -0.2) is 51.3 Å². The number of amides is 3. The van der Waals surface area contributed by atoms with E-state index in [2.05, 4.69) is 36.2 Å². The highest BCUT2D eigenvalue weighted by atomic mass is 35.5. The summed E-state index contributed by atoms with van der Waals surface area (Å²) in [6.07, 6.45) is 4.08. The van der Waals surface area contributed by atoms with Crippen LogP contribution in [0.5, 0.6) is 0 Å². The molecule has 0 saturated carbocycles. The predicted octanol–water partition coefficient (Wildman–Crippen LogP) is 3.04. The second kappa shape index (κ2) is 11.6. The maximum atomic E-state index is 12.6. The molecule has 3 rings (SSSR count). The molecule has 0 aliphatic heterocycles. The van der Waals surface area contributed by atoms with E-state index in [1.165, 1.54) is 24.2 Å². The minimum atomic E-state index is -0.761. The standard InChI is InChI=1S/C22H22ClN7O4/c1-3-18(21(32)25-16-6-8-17(9-7-16)26-22(33)34-2)27-20(31)11-4-14-12-15(23)5-10-19(14)30-13-24-28-29-30/h4-13,18H,3H2,1-2H3,(H,25,32)(H,26,33)(H,27,31)/b11-4+/t18-/m0/s1. The summed E-state index contributed by atoms with van der Waals surface area (Å²) in [5.74, 6) is -0.836. The molecule has 1 heterocycles. The Morgan fingerprint density at radius 3 is 2.44 bits per heavy atom. The first-order chi connectivity index (χ1) is 16.4. The van der Waals surface area contributed by atoms with Gasteiger partial charge in [0.1, 0.15) is 12.4 Å². The van der Waals surface area contributed by atoms with Crippen LogP contribution in [-0.2, 0) is 14.3 Å². The second-order valence-electron chi connectivity index (χ2n) is 6.94. The van der Waals surface area contributed by atoms with Crippen LogP contribution in [0.1, 0.15) is 18.9 Å². The highest BCUT2D eigenvalue weighted by Crippen LogP contribution is 2.20. The lowest BCUT2D eigenvalue weighted by molar-refractivity contribution is -0.123. The SMILES string of the molecule is CC[C@H](NC(=O)/C=C/c1cc(Cl)ccc1-n1cnnn1)C(=O)Nc1ccc(NC(=O)OC)cc1. The summed E-state index contributed by atoms with van der Waals surface area (Å²) in [7, 11) is 1.26. The smallest absolute Gasteiger partial charge is 0.411 e. The molecule has 0 aliphatic carbocycles. The molecular formula is C22H22ClN7O4. The number of tetrazole rings is 1. The molecule has 12 heteroatoms. The normalized spacial score (nSPS) is 11.6. The lowest BCUT2D eigenvalue weighted by Crippen LogP contribution is -2.42. The molecular weight excluding hydrogens is 462 g/mol. The molecule has 2 aromatic carbocycles. The van der Waals surface area contributed by atoms with Crippen LogP contribution >= 0.6 is 11.6 Å². The van der Waals surface area contributed by atoms with Crippen LogP contribution in [0.15, 0.2) is 54.9 Å². The lowest BCUT2D eigenvalue weighted by atomic mass is 10.1. The van der Waals surface area contributed by atoms with Gasteiger partial charge in [-0.1, -0.05) is 18.5 Å². The number of anilines is 2. The van der Waals surface area contributed by atoms with Gasteiger partial charge in [-0.2, -0.15) is 4.68 Å². The number of carbonyl (C=O) groups excluding carboxylic acids is 3. The van der Waals surface area contributed by atoms with E-state index < -0.39 is 18.0 Å². The van der Waals surface area contributed by atoms with E-state index in [9.17, 15) is 14.4 Å². The zero-order chi connectivity index (χ0) is 24.5. The van der Waals surface area contributed by atoms with Crippen molar-refractivity contribution in [2.45, 2.75) is 19.4 Å². The van der Waals surface area contributed by atoms with Gasteiger partial charge in [-0.25, -0.2) is 4.79 Å². The number of ether oxygens (including phenoxy) is 1. The molecule has 1 atom stereocenters. The van der Waals surface area contributed by atoms with Crippen molar-refractivity contribution in [3.63, 3.8) is 0 Å². The van der Waals surface area contributed by atoms with Crippen molar-refractivity contribution in [1.82, 2.24) is 25.5 Å². The molecule has 0 bridgehead atoms. The number of nitrogens with one attached hydrogen (secondary N) is 3. The van der Waals surface area contributed by atoms with Crippen LogP contribution in [0.4, 0.5) is 16.2 Å². The minimum Gasteiger partial charge on any atom is -0.453 e. The Morgan fingerprint density at radius 1 is 1.12 bits per heavy atom. The predicted molar refractivity (Wildman–Crippen MR) is 127 cm³/mol. The fraction of sp³-hybridized carbons (Fsp3) is 0.182. The van der Waals surface area contributed by atoms with Crippen molar-refractivity contribution in [3.05, 3.63) is 65.5 Å². The number of hydrogen-bond acceptors (Lipinski definition) is 7. The number of halogens is 1. The van der Waals surface area contributed by atoms with Gasteiger partial charge in [0.25, 0.3) is 0 Å². The first kappa shape index (κ1) is 24.4. The third-order valence-corrected chi connectivity index (χ3v) is 4.86. The number of carbonyl (C=O) groups is 3. The first-order valence-electron chi connectivity index (χ1n) is 10.2. The Morgan fingerprint density at radius 2 is 1.82 bits per heavy atom. The zero-order valence-electron chi connectivity index (χ0n) is 18.4. The zero-order valence-corrected chi connectivity index (χ0v) is 19.1. The van der Waals surface area contributed by atoms with Crippen LogP contribution in [0.25, 0.3) is 11.8 Å². The Labute approximate surface area is 200 Å². The summed E-state index contributed by atoms with van der Waals surface area (Å²) in [6.45, 7) is 1.78. The highest BCUT2D eigenvalue weighted by molar-refractivity contribution is 6.30. The van der Waals surface area contributed by atoms with E-state index in [1.54, 1.807) is 55.5 Å². The van der Waals surface area contributed by atoms with Gasteiger partial charge in [0.2, 0.25) is 11.8 Å². The fourth-order valence-corrected chi connectivity index (χ4v) is 3.09. The number of hydrogen-bond donors (Lipinski definition) is 3. The van der Waals surface area contributed by atoms with Crippen molar-refractivity contribution in [2.75, 3.05) is 17.7 Å². The molecule has 11 nitrogen and oxygen atoms in total. The van der Waals surface area contributed by atoms with Crippen LogP contribution in [0.2, 0.25) is 5.02 Å². The number of benzene rings is 2. The topological polar surface area (TPSA) is 140 Å². The molecule has 3 N–H and O–H groups in total. The highest BCUT2D eigenvalue weighted by Gasteiger charge is 2.18. The van der Waals surface area contributed by atoms with Gasteiger partial charge in [-0.3, -0.25) is 14.9 Å². The Bertz CT molecular complexity index is 1180. The third kappa shape index (κ3) is 6.62. The molecule has 3 amide bonds. The molecule has 0 radical (unpaired) electrons. The maximum absolute atomic E-state index is 12.6. The molecule has 0 unspecified atom stereocenters.